The number of anilines is 1. The standard InChI is InChI=1S/C16H18Cl2N2O2/c1-14(2)15(3)4-5-16(14,7-11(15)21)13(22)20-12-10(18)6-9(17)8-19-12/h6,8H,4-5,7H2,1-3H3,(H,19,20,22)/t15-,16+/m0/s1. The largest absolute Gasteiger partial charge is 0.309 e. The number of rotatable bonds is 2. The first-order valence-corrected chi connectivity index (χ1v) is 8.05. The van der Waals surface area contributed by atoms with Crippen molar-refractivity contribution in [3.63, 3.8) is 0 Å². The number of aromatic nitrogens is 1. The van der Waals surface area contributed by atoms with Crippen LogP contribution in [-0.4, -0.2) is 16.7 Å². The summed E-state index contributed by atoms with van der Waals surface area (Å²) in [5.41, 5.74) is -1.51. The maximum Gasteiger partial charge on any atom is 0.232 e. The molecule has 0 spiro atoms. The van der Waals surface area contributed by atoms with E-state index in [0.717, 1.165) is 6.42 Å². The minimum absolute atomic E-state index is 0.175. The highest BCUT2D eigenvalue weighted by molar-refractivity contribution is 6.36. The van der Waals surface area contributed by atoms with Gasteiger partial charge in [-0.2, -0.15) is 0 Å². The number of amides is 1. The summed E-state index contributed by atoms with van der Waals surface area (Å²) in [5.74, 6) is 0.284. The molecule has 0 aromatic carbocycles. The Labute approximate surface area is 139 Å². The van der Waals surface area contributed by atoms with E-state index in [-0.39, 0.29) is 29.3 Å². The van der Waals surface area contributed by atoms with Gasteiger partial charge < -0.3 is 5.32 Å². The van der Waals surface area contributed by atoms with Crippen LogP contribution in [0.1, 0.15) is 40.0 Å². The molecule has 22 heavy (non-hydrogen) atoms. The van der Waals surface area contributed by atoms with Crippen LogP contribution in [0, 0.1) is 16.2 Å². The van der Waals surface area contributed by atoms with Gasteiger partial charge >= 0.3 is 0 Å². The molecule has 1 amide bonds. The topological polar surface area (TPSA) is 59.1 Å². The average molecular weight is 341 g/mol. The van der Waals surface area contributed by atoms with E-state index in [4.69, 9.17) is 23.2 Å². The van der Waals surface area contributed by atoms with Gasteiger partial charge in [-0.05, 0) is 24.3 Å². The van der Waals surface area contributed by atoms with Gasteiger partial charge in [0.1, 0.15) is 5.78 Å². The molecule has 0 unspecified atom stereocenters. The molecule has 0 aliphatic heterocycles. The van der Waals surface area contributed by atoms with Crippen LogP contribution in [0.3, 0.4) is 0 Å². The minimum atomic E-state index is -0.691. The number of pyridine rings is 1. The summed E-state index contributed by atoms with van der Waals surface area (Å²) >= 11 is 11.9. The quantitative estimate of drug-likeness (QED) is 0.881. The Kier molecular flexibility index (Phi) is 3.35. The van der Waals surface area contributed by atoms with E-state index in [0.29, 0.717) is 16.5 Å². The lowest BCUT2D eigenvalue weighted by Crippen LogP contribution is -2.43. The molecule has 2 atom stereocenters. The fourth-order valence-corrected chi connectivity index (χ4v) is 4.52. The summed E-state index contributed by atoms with van der Waals surface area (Å²) in [7, 11) is 0. The number of halogens is 2. The normalized spacial score (nSPS) is 32.3. The van der Waals surface area contributed by atoms with Crippen molar-refractivity contribution in [2.75, 3.05) is 5.32 Å². The van der Waals surface area contributed by atoms with Crippen LogP contribution in [0.15, 0.2) is 12.3 Å². The summed E-state index contributed by atoms with van der Waals surface area (Å²) in [4.78, 5) is 29.4. The smallest absolute Gasteiger partial charge is 0.232 e. The van der Waals surface area contributed by atoms with Crippen LogP contribution < -0.4 is 5.32 Å². The number of carbonyl (C=O) groups excluding carboxylic acids is 2. The Balaban J connectivity index is 1.94. The first kappa shape index (κ1) is 15.8. The molecule has 3 rings (SSSR count). The Morgan fingerprint density at radius 2 is 1.95 bits per heavy atom. The minimum Gasteiger partial charge on any atom is -0.309 e. The van der Waals surface area contributed by atoms with Crippen molar-refractivity contribution in [2.45, 2.75) is 40.0 Å². The number of fused-ring (bicyclic) bond motifs is 2. The Morgan fingerprint density at radius 1 is 1.27 bits per heavy atom. The van der Waals surface area contributed by atoms with Gasteiger partial charge in [0.15, 0.2) is 5.82 Å². The fourth-order valence-electron chi connectivity index (χ4n) is 4.09. The summed E-state index contributed by atoms with van der Waals surface area (Å²) in [6, 6.07) is 1.53. The Bertz CT molecular complexity index is 689. The predicted molar refractivity (Wildman–Crippen MR) is 86.1 cm³/mol. The second-order valence-electron chi connectivity index (χ2n) is 7.08. The lowest BCUT2D eigenvalue weighted by Gasteiger charge is -2.38. The van der Waals surface area contributed by atoms with Gasteiger partial charge in [-0.25, -0.2) is 4.98 Å². The highest BCUT2D eigenvalue weighted by atomic mass is 35.5. The van der Waals surface area contributed by atoms with E-state index in [9.17, 15) is 9.59 Å². The van der Waals surface area contributed by atoms with E-state index in [1.54, 1.807) is 0 Å². The second kappa shape index (κ2) is 4.68. The number of hydrogen-bond donors (Lipinski definition) is 1. The monoisotopic (exact) mass is 340 g/mol. The van der Waals surface area contributed by atoms with Crippen molar-refractivity contribution < 1.29 is 9.59 Å². The van der Waals surface area contributed by atoms with Crippen molar-refractivity contribution in [3.05, 3.63) is 22.3 Å². The molecule has 2 aliphatic carbocycles. The summed E-state index contributed by atoms with van der Waals surface area (Å²) in [6.45, 7) is 6.01. The van der Waals surface area contributed by atoms with Crippen molar-refractivity contribution >= 4 is 40.7 Å². The molecule has 2 saturated carbocycles. The van der Waals surface area contributed by atoms with Gasteiger partial charge in [0.05, 0.1) is 15.5 Å². The van der Waals surface area contributed by atoms with Crippen molar-refractivity contribution in [1.29, 1.82) is 0 Å². The first-order valence-electron chi connectivity index (χ1n) is 7.30. The summed E-state index contributed by atoms with van der Waals surface area (Å²) in [6.07, 6.45) is 3.17. The highest BCUT2D eigenvalue weighted by Gasteiger charge is 2.72. The van der Waals surface area contributed by atoms with Crippen molar-refractivity contribution in [2.24, 2.45) is 16.2 Å². The van der Waals surface area contributed by atoms with E-state index in [1.807, 2.05) is 20.8 Å². The highest BCUT2D eigenvalue weighted by Crippen LogP contribution is 2.70. The van der Waals surface area contributed by atoms with E-state index in [1.165, 1.54) is 12.3 Å². The molecule has 0 radical (unpaired) electrons. The first-order chi connectivity index (χ1) is 10.1. The Hall–Kier alpha value is -1.13. The third-order valence-corrected chi connectivity index (χ3v) is 6.67. The van der Waals surface area contributed by atoms with Crippen LogP contribution in [0.4, 0.5) is 5.82 Å². The average Bonchev–Trinajstić information content (AvgIpc) is 2.72. The Morgan fingerprint density at radius 3 is 2.45 bits per heavy atom. The van der Waals surface area contributed by atoms with Gasteiger partial charge in [-0.15, -0.1) is 0 Å². The SMILES string of the molecule is CC1(C)[C@]2(C(=O)Nc3ncc(Cl)cc3Cl)CC[C@@]1(C)C(=O)C2. The fraction of sp³-hybridized carbons (Fsp3) is 0.562. The van der Waals surface area contributed by atoms with Crippen LogP contribution in [0.2, 0.25) is 10.0 Å². The molecule has 2 bridgehead atoms. The molecular formula is C16H18Cl2N2O2. The number of nitrogens with one attached hydrogen (secondary N) is 1. The number of ketones is 1. The predicted octanol–water partition coefficient (Wildman–Crippen LogP) is 4.11. The maximum absolute atomic E-state index is 12.9. The van der Waals surface area contributed by atoms with E-state index >= 15 is 0 Å². The van der Waals surface area contributed by atoms with Crippen LogP contribution in [0.25, 0.3) is 0 Å². The third kappa shape index (κ3) is 1.80. The van der Waals surface area contributed by atoms with Gasteiger partial charge in [-0.3, -0.25) is 9.59 Å². The number of carbonyl (C=O) groups is 2. The molecule has 6 heteroatoms. The van der Waals surface area contributed by atoms with Crippen LogP contribution >= 0.6 is 23.2 Å². The van der Waals surface area contributed by atoms with E-state index < -0.39 is 10.8 Å². The number of hydrogen-bond acceptors (Lipinski definition) is 3. The molecule has 0 saturated heterocycles. The lowest BCUT2D eigenvalue weighted by molar-refractivity contribution is -0.131. The number of Topliss-reactive ketones (excluding diaryl/α,β-unsaturated/α-hetero) is 1. The number of nitrogens with zero attached hydrogens (tertiary/aromatic N) is 1. The molecule has 118 valence electrons. The zero-order valence-electron chi connectivity index (χ0n) is 12.8. The van der Waals surface area contributed by atoms with Crippen molar-refractivity contribution in [3.8, 4) is 0 Å². The third-order valence-electron chi connectivity index (χ3n) is 6.18. The molecule has 1 heterocycles. The van der Waals surface area contributed by atoms with Crippen molar-refractivity contribution in [1.82, 2.24) is 4.98 Å². The summed E-state index contributed by atoms with van der Waals surface area (Å²) in [5, 5.41) is 3.50. The molecule has 1 aromatic heterocycles. The van der Waals surface area contributed by atoms with E-state index in [2.05, 4.69) is 10.3 Å². The molecule has 2 aliphatic rings. The zero-order chi connectivity index (χ0) is 16.3. The van der Waals surface area contributed by atoms with Gasteiger partial charge in [-0.1, -0.05) is 44.0 Å². The zero-order valence-corrected chi connectivity index (χ0v) is 14.3. The molecule has 2 fully saturated rings. The molecule has 4 nitrogen and oxygen atoms in total. The van der Waals surface area contributed by atoms with Gasteiger partial charge in [0.2, 0.25) is 5.91 Å². The summed E-state index contributed by atoms with van der Waals surface area (Å²) < 4.78 is 0. The molecule has 1 N–H and O–H groups in total. The van der Waals surface area contributed by atoms with Gasteiger partial charge in [0.25, 0.3) is 0 Å². The molecular weight excluding hydrogens is 323 g/mol. The van der Waals surface area contributed by atoms with Crippen LogP contribution in [0.5, 0.6) is 0 Å². The molecule has 1 aromatic rings. The van der Waals surface area contributed by atoms with Crippen LogP contribution in [-0.2, 0) is 9.59 Å². The lowest BCUT2D eigenvalue weighted by atomic mass is 9.64. The maximum atomic E-state index is 12.9. The second-order valence-corrected chi connectivity index (χ2v) is 7.92. The van der Waals surface area contributed by atoms with Gasteiger partial charge in [0, 0.05) is 18.0 Å².